The van der Waals surface area contributed by atoms with Gasteiger partial charge in [-0.05, 0) is 45.8 Å². The molecule has 0 amide bonds. The predicted molar refractivity (Wildman–Crippen MR) is 82.4 cm³/mol. The smallest absolute Gasteiger partial charge is 0.311 e. The Balaban J connectivity index is 4.27. The van der Waals surface area contributed by atoms with Crippen LogP contribution >= 0.6 is 0 Å². The number of nitrogens with two attached hydrogens (primary N) is 1. The summed E-state index contributed by atoms with van der Waals surface area (Å²) >= 11 is 0. The molecule has 0 rings (SSSR count). The highest BCUT2D eigenvalue weighted by molar-refractivity contribution is 6.87. The first-order chi connectivity index (χ1) is 7.47. The monoisotopic (exact) mass is 294 g/mol. The summed E-state index contributed by atoms with van der Waals surface area (Å²) in [6.07, 6.45) is 0.940. The summed E-state index contributed by atoms with van der Waals surface area (Å²) in [4.78, 5) is 0. The van der Waals surface area contributed by atoms with Gasteiger partial charge in [0.1, 0.15) is 0 Å². The van der Waals surface area contributed by atoms with Gasteiger partial charge in [0.25, 0.3) is 0 Å². The molecule has 0 aromatic rings. The number of rotatable bonds is 8. The first-order valence-corrected chi connectivity index (χ1v) is 15.6. The van der Waals surface area contributed by atoms with Crippen molar-refractivity contribution in [1.29, 1.82) is 0 Å². The Hall–Kier alpha value is 0.491. The fourth-order valence-electron chi connectivity index (χ4n) is 1.95. The van der Waals surface area contributed by atoms with Crippen LogP contribution in [0.15, 0.2) is 0 Å². The van der Waals surface area contributed by atoms with E-state index in [1.54, 1.807) is 0 Å². The quantitative estimate of drug-likeness (QED) is 0.530. The maximum absolute atomic E-state index is 6.33. The lowest BCUT2D eigenvalue weighted by Gasteiger charge is -2.37. The van der Waals surface area contributed by atoms with Crippen LogP contribution in [0.1, 0.15) is 0 Å². The van der Waals surface area contributed by atoms with Gasteiger partial charge in [-0.3, -0.25) is 0 Å². The fourth-order valence-corrected chi connectivity index (χ4v) is 14.8. The lowest BCUT2D eigenvalue weighted by atomic mass is 10.7. The average Bonchev–Trinajstić information content (AvgIpc) is 1.96. The Labute approximate surface area is 110 Å². The summed E-state index contributed by atoms with van der Waals surface area (Å²) in [5, 5.41) is 3.35. The molecule has 0 radical (unpaired) electrons. The zero-order valence-electron chi connectivity index (χ0n) is 12.5. The van der Waals surface area contributed by atoms with E-state index in [1.165, 1.54) is 0 Å². The van der Waals surface area contributed by atoms with Crippen LogP contribution < -0.4 is 11.1 Å². The van der Waals surface area contributed by atoms with E-state index in [2.05, 4.69) is 51.1 Å². The Bertz CT molecular complexity index is 230. The first-order valence-electron chi connectivity index (χ1n) is 6.29. The summed E-state index contributed by atoms with van der Waals surface area (Å²) in [5.41, 5.74) is 5.47. The Kier molecular flexibility index (Phi) is 6.79. The summed E-state index contributed by atoms with van der Waals surface area (Å²) in [6, 6.07) is 0. The standard InChI is InChI=1S/C10H30N2O2Si3/c1-15(2,3)13-17(6,7)14-16(4,5)10-12-9-8-11/h12H,8-11H2,1-7H3. The molecule has 0 saturated carbocycles. The van der Waals surface area contributed by atoms with Gasteiger partial charge in [-0.1, -0.05) is 0 Å². The van der Waals surface area contributed by atoms with E-state index in [9.17, 15) is 0 Å². The molecular formula is C10H30N2O2Si3. The third kappa shape index (κ3) is 10.1. The minimum atomic E-state index is -1.98. The fraction of sp³-hybridized carbons (Fsp3) is 1.00. The lowest BCUT2D eigenvalue weighted by molar-refractivity contribution is 0.390. The molecule has 0 aliphatic heterocycles. The third-order valence-electron chi connectivity index (χ3n) is 1.95. The largest absolute Gasteiger partial charge is 0.437 e. The first kappa shape index (κ1) is 17.5. The molecule has 3 N–H and O–H groups in total. The SMILES string of the molecule is C[Si](C)(C)O[Si](C)(C)O[Si](C)(C)CNCCN. The van der Waals surface area contributed by atoms with Gasteiger partial charge >= 0.3 is 8.56 Å². The highest BCUT2D eigenvalue weighted by Crippen LogP contribution is 2.19. The van der Waals surface area contributed by atoms with Crippen LogP contribution in [0, 0.1) is 0 Å². The van der Waals surface area contributed by atoms with Crippen molar-refractivity contribution in [3.63, 3.8) is 0 Å². The van der Waals surface area contributed by atoms with Crippen molar-refractivity contribution in [2.75, 3.05) is 19.3 Å². The Morgan fingerprint density at radius 3 is 1.88 bits per heavy atom. The van der Waals surface area contributed by atoms with Gasteiger partial charge in [0.15, 0.2) is 16.6 Å². The molecule has 17 heavy (non-hydrogen) atoms. The highest BCUT2D eigenvalue weighted by Gasteiger charge is 2.37. The lowest BCUT2D eigenvalue weighted by Crippen LogP contribution is -2.55. The van der Waals surface area contributed by atoms with Gasteiger partial charge in [0, 0.05) is 19.3 Å². The molecular weight excluding hydrogens is 264 g/mol. The maximum Gasteiger partial charge on any atom is 0.311 e. The van der Waals surface area contributed by atoms with E-state index in [4.69, 9.17) is 14.0 Å². The molecule has 7 heteroatoms. The van der Waals surface area contributed by atoms with Crippen LogP contribution in [0.3, 0.4) is 0 Å². The van der Waals surface area contributed by atoms with Crippen LogP contribution in [-0.4, -0.2) is 44.5 Å². The van der Waals surface area contributed by atoms with Crippen molar-refractivity contribution in [1.82, 2.24) is 5.32 Å². The van der Waals surface area contributed by atoms with E-state index in [1.807, 2.05) is 0 Å². The molecule has 0 unspecified atom stereocenters. The van der Waals surface area contributed by atoms with Crippen molar-refractivity contribution >= 4 is 25.2 Å². The summed E-state index contributed by atoms with van der Waals surface area (Å²) in [6.45, 7) is 17.0. The molecule has 0 fully saturated rings. The third-order valence-corrected chi connectivity index (χ3v) is 11.6. The second-order valence-electron chi connectivity index (χ2n) is 6.44. The van der Waals surface area contributed by atoms with Crippen molar-refractivity contribution in [2.24, 2.45) is 5.73 Å². The molecule has 0 aromatic heterocycles. The van der Waals surface area contributed by atoms with E-state index < -0.39 is 25.2 Å². The minimum absolute atomic E-state index is 0.677. The summed E-state index contributed by atoms with van der Waals surface area (Å²) in [7, 11) is -5.18. The van der Waals surface area contributed by atoms with Crippen molar-refractivity contribution in [2.45, 2.75) is 45.8 Å². The molecule has 0 heterocycles. The van der Waals surface area contributed by atoms with Crippen molar-refractivity contribution < 1.29 is 8.23 Å². The van der Waals surface area contributed by atoms with Gasteiger partial charge in [-0.25, -0.2) is 0 Å². The molecule has 0 aliphatic rings. The van der Waals surface area contributed by atoms with Gasteiger partial charge in [-0.15, -0.1) is 0 Å². The number of hydrogen-bond donors (Lipinski definition) is 2. The van der Waals surface area contributed by atoms with Crippen molar-refractivity contribution in [3.05, 3.63) is 0 Å². The van der Waals surface area contributed by atoms with Crippen LogP contribution in [0.25, 0.3) is 0 Å². The zero-order valence-corrected chi connectivity index (χ0v) is 15.5. The average molecular weight is 295 g/mol. The summed E-state index contributed by atoms with van der Waals surface area (Å²) in [5.74, 6) is 0. The molecule has 0 atom stereocenters. The second kappa shape index (κ2) is 6.60. The number of hydrogen-bond acceptors (Lipinski definition) is 4. The maximum atomic E-state index is 6.33. The molecule has 0 aromatic carbocycles. The minimum Gasteiger partial charge on any atom is -0.437 e. The molecule has 104 valence electrons. The van der Waals surface area contributed by atoms with Gasteiger partial charge in [-0.2, -0.15) is 0 Å². The summed E-state index contributed by atoms with van der Waals surface area (Å²) < 4.78 is 12.5. The van der Waals surface area contributed by atoms with Gasteiger partial charge in [0.2, 0.25) is 0 Å². The Morgan fingerprint density at radius 1 is 0.941 bits per heavy atom. The molecule has 0 saturated heterocycles. The molecule has 0 bridgehead atoms. The predicted octanol–water partition coefficient (Wildman–Crippen LogP) is 1.85. The zero-order chi connectivity index (χ0) is 13.7. The van der Waals surface area contributed by atoms with Crippen molar-refractivity contribution in [3.8, 4) is 0 Å². The number of nitrogens with one attached hydrogen (secondary N) is 1. The van der Waals surface area contributed by atoms with Crippen LogP contribution in [0.4, 0.5) is 0 Å². The molecule has 4 nitrogen and oxygen atoms in total. The molecule has 0 spiro atoms. The molecule has 0 aliphatic carbocycles. The highest BCUT2D eigenvalue weighted by atomic mass is 28.5. The second-order valence-corrected chi connectivity index (χ2v) is 19.0. The van der Waals surface area contributed by atoms with Gasteiger partial charge in [0.05, 0.1) is 0 Å². The normalized spacial score (nSPS) is 14.1. The van der Waals surface area contributed by atoms with E-state index >= 15 is 0 Å². The van der Waals surface area contributed by atoms with Crippen LogP contribution in [0.5, 0.6) is 0 Å². The van der Waals surface area contributed by atoms with Crippen LogP contribution in [0.2, 0.25) is 45.8 Å². The topological polar surface area (TPSA) is 56.5 Å². The van der Waals surface area contributed by atoms with E-state index in [0.29, 0.717) is 6.54 Å². The van der Waals surface area contributed by atoms with Gasteiger partial charge < -0.3 is 19.3 Å². The van der Waals surface area contributed by atoms with Crippen LogP contribution in [-0.2, 0) is 8.23 Å². The Morgan fingerprint density at radius 2 is 1.47 bits per heavy atom. The van der Waals surface area contributed by atoms with E-state index in [-0.39, 0.29) is 0 Å². The van der Waals surface area contributed by atoms with E-state index in [0.717, 1.165) is 12.7 Å².